The maximum atomic E-state index is 13.0. The number of pyridine rings is 1. The number of hydrogen-bond donors (Lipinski definition) is 5. The maximum Gasteiger partial charge on any atom is 0.275 e. The summed E-state index contributed by atoms with van der Waals surface area (Å²) in [6.07, 6.45) is 7.06. The number of sulfonamides is 1. The highest BCUT2D eigenvalue weighted by atomic mass is 32.2. The van der Waals surface area contributed by atoms with Crippen molar-refractivity contribution in [3.8, 4) is 0 Å². The number of benzene rings is 1. The van der Waals surface area contributed by atoms with Gasteiger partial charge in [0.05, 0.1) is 18.6 Å². The van der Waals surface area contributed by atoms with E-state index in [1.165, 1.54) is 6.20 Å². The molecular weight excluding hydrogens is 484 g/mol. The zero-order valence-corrected chi connectivity index (χ0v) is 21.5. The van der Waals surface area contributed by atoms with Crippen LogP contribution >= 0.6 is 0 Å². The lowest BCUT2D eigenvalue weighted by Crippen LogP contribution is -2.40. The molecule has 2 aromatic rings. The lowest BCUT2D eigenvalue weighted by atomic mass is 10.0. The number of nitrogens with zero attached hydrogens (tertiary/aromatic N) is 1. The Bertz CT molecular complexity index is 1140. The third-order valence-electron chi connectivity index (χ3n) is 5.06. The Labute approximate surface area is 212 Å². The number of carbonyl (C=O) groups excluding carboxylic acids is 2. The largest absolute Gasteiger partial charge is 0.390 e. The molecule has 0 aliphatic heterocycles. The number of hydrogen-bond acceptors (Lipinski definition) is 7. The average molecular weight is 521 g/mol. The average Bonchev–Trinajstić information content (AvgIpc) is 2.83. The first-order chi connectivity index (χ1) is 17.1. The van der Waals surface area contributed by atoms with E-state index in [4.69, 9.17) is 5.41 Å². The first kappa shape index (κ1) is 30.5. The summed E-state index contributed by atoms with van der Waals surface area (Å²) < 4.78 is 27.2. The van der Waals surface area contributed by atoms with Gasteiger partial charge in [0.2, 0.25) is 15.9 Å². The SMILES string of the molecule is CNCCC[C@@H](C=O)NC(=O)Cn1ccc(CCCc2ccccc2)c(NS(C)(=O)=O)c1=O.N=CN. The standard InChI is InChI=1S/C23H32N4O5S.CH4N2/c1-24-14-7-12-20(17-28)25-21(29)16-27-15-13-19(22(23(27)30)26-33(2,31)32)11-6-10-18-8-4-3-5-9-18;2-1-3/h3-5,8-9,13,15,17,20,24,26H,6-7,10-12,14,16H2,1-2H3,(H,25,29);1H,(H3,2,3)/t20-;/m0./s1. The third kappa shape index (κ3) is 11.8. The maximum absolute atomic E-state index is 13.0. The summed E-state index contributed by atoms with van der Waals surface area (Å²) >= 11 is 0. The minimum Gasteiger partial charge on any atom is -0.390 e. The third-order valence-corrected chi connectivity index (χ3v) is 5.63. The van der Waals surface area contributed by atoms with Crippen LogP contribution in [0.2, 0.25) is 0 Å². The molecule has 1 amide bonds. The molecular formula is C24H36N6O5S. The molecule has 0 bridgehead atoms. The number of anilines is 1. The van der Waals surface area contributed by atoms with Gasteiger partial charge in [-0.3, -0.25) is 19.7 Å². The summed E-state index contributed by atoms with van der Waals surface area (Å²) in [5, 5.41) is 11.4. The molecule has 198 valence electrons. The highest BCUT2D eigenvalue weighted by molar-refractivity contribution is 7.92. The van der Waals surface area contributed by atoms with Gasteiger partial charge in [-0.25, -0.2) is 8.42 Å². The Morgan fingerprint density at radius 1 is 1.17 bits per heavy atom. The summed E-state index contributed by atoms with van der Waals surface area (Å²) in [4.78, 5) is 36.6. The van der Waals surface area contributed by atoms with Crippen LogP contribution in [0.3, 0.4) is 0 Å². The summed E-state index contributed by atoms with van der Waals surface area (Å²) in [7, 11) is -1.90. The van der Waals surface area contributed by atoms with Crippen LogP contribution in [-0.4, -0.2) is 57.4 Å². The molecule has 36 heavy (non-hydrogen) atoms. The van der Waals surface area contributed by atoms with E-state index in [2.05, 4.69) is 21.1 Å². The second-order valence-corrected chi connectivity index (χ2v) is 9.83. The number of aromatic nitrogens is 1. The van der Waals surface area contributed by atoms with Crippen LogP contribution in [0.4, 0.5) is 5.69 Å². The highest BCUT2D eigenvalue weighted by Gasteiger charge is 2.17. The van der Waals surface area contributed by atoms with Crippen LogP contribution in [0.25, 0.3) is 0 Å². The molecule has 1 aromatic carbocycles. The molecule has 6 N–H and O–H groups in total. The van der Waals surface area contributed by atoms with Crippen molar-refractivity contribution in [2.75, 3.05) is 24.6 Å². The highest BCUT2D eigenvalue weighted by Crippen LogP contribution is 2.16. The molecule has 0 spiro atoms. The zero-order valence-electron chi connectivity index (χ0n) is 20.7. The lowest BCUT2D eigenvalue weighted by Gasteiger charge is -2.16. The van der Waals surface area contributed by atoms with E-state index in [9.17, 15) is 22.8 Å². The van der Waals surface area contributed by atoms with Crippen LogP contribution in [0.5, 0.6) is 0 Å². The smallest absolute Gasteiger partial charge is 0.275 e. The summed E-state index contributed by atoms with van der Waals surface area (Å²) in [6, 6.07) is 10.9. The molecule has 11 nitrogen and oxygen atoms in total. The summed E-state index contributed by atoms with van der Waals surface area (Å²) in [5.41, 5.74) is 5.45. The van der Waals surface area contributed by atoms with Crippen molar-refractivity contribution in [1.82, 2.24) is 15.2 Å². The van der Waals surface area contributed by atoms with Gasteiger partial charge in [-0.1, -0.05) is 30.3 Å². The van der Waals surface area contributed by atoms with Gasteiger partial charge in [0, 0.05) is 6.20 Å². The number of aldehydes is 1. The quantitative estimate of drug-likeness (QED) is 0.105. The molecule has 0 saturated heterocycles. The number of nitrogens with one attached hydrogen (secondary N) is 4. The minimum absolute atomic E-state index is 0.0539. The molecule has 0 fully saturated rings. The fourth-order valence-corrected chi connectivity index (χ4v) is 4.04. The van der Waals surface area contributed by atoms with E-state index in [-0.39, 0.29) is 12.2 Å². The predicted molar refractivity (Wildman–Crippen MR) is 142 cm³/mol. The van der Waals surface area contributed by atoms with E-state index < -0.39 is 27.5 Å². The van der Waals surface area contributed by atoms with Crippen molar-refractivity contribution >= 4 is 34.2 Å². The number of nitrogens with two attached hydrogens (primary N) is 1. The molecule has 12 heteroatoms. The summed E-state index contributed by atoms with van der Waals surface area (Å²) in [6.45, 7) is 0.393. The van der Waals surface area contributed by atoms with Gasteiger partial charge in [-0.15, -0.1) is 0 Å². The molecule has 1 atom stereocenters. The second-order valence-electron chi connectivity index (χ2n) is 8.08. The second kappa shape index (κ2) is 16.2. The first-order valence-electron chi connectivity index (χ1n) is 11.5. The molecule has 0 radical (unpaired) electrons. The fourth-order valence-electron chi connectivity index (χ4n) is 3.45. The Morgan fingerprint density at radius 3 is 2.42 bits per heavy atom. The molecule has 1 heterocycles. The van der Waals surface area contributed by atoms with Crippen LogP contribution in [0, 0.1) is 5.41 Å². The number of amides is 1. The van der Waals surface area contributed by atoms with E-state index in [0.29, 0.717) is 37.7 Å². The van der Waals surface area contributed by atoms with Gasteiger partial charge in [0.15, 0.2) is 0 Å². The van der Waals surface area contributed by atoms with E-state index >= 15 is 0 Å². The Hall–Kier alpha value is -3.51. The van der Waals surface area contributed by atoms with Crippen LogP contribution in [0.1, 0.15) is 30.4 Å². The van der Waals surface area contributed by atoms with E-state index in [1.54, 1.807) is 13.1 Å². The monoisotopic (exact) mass is 520 g/mol. The van der Waals surface area contributed by atoms with Crippen molar-refractivity contribution in [3.63, 3.8) is 0 Å². The van der Waals surface area contributed by atoms with Gasteiger partial charge >= 0.3 is 0 Å². The van der Waals surface area contributed by atoms with Gasteiger partial charge in [-0.2, -0.15) is 0 Å². The van der Waals surface area contributed by atoms with Crippen molar-refractivity contribution in [2.45, 2.75) is 44.7 Å². The molecule has 0 aliphatic carbocycles. The van der Waals surface area contributed by atoms with Crippen molar-refractivity contribution in [1.29, 1.82) is 5.41 Å². The predicted octanol–water partition coefficient (Wildman–Crippen LogP) is 0.631. The topological polar surface area (TPSA) is 176 Å². The number of rotatable bonds is 14. The lowest BCUT2D eigenvalue weighted by molar-refractivity contribution is -0.124. The van der Waals surface area contributed by atoms with Gasteiger partial charge < -0.3 is 25.7 Å². The molecule has 1 aromatic heterocycles. The van der Waals surface area contributed by atoms with Crippen LogP contribution in [0.15, 0.2) is 47.4 Å². The van der Waals surface area contributed by atoms with Crippen molar-refractivity contribution < 1.29 is 18.0 Å². The Morgan fingerprint density at radius 2 is 1.83 bits per heavy atom. The van der Waals surface area contributed by atoms with Gasteiger partial charge in [0.25, 0.3) is 5.56 Å². The molecule has 0 aliphatic rings. The van der Waals surface area contributed by atoms with Crippen LogP contribution in [-0.2, 0) is 39.0 Å². The van der Waals surface area contributed by atoms with E-state index in [1.807, 2.05) is 30.3 Å². The van der Waals surface area contributed by atoms with Gasteiger partial charge in [0.1, 0.15) is 18.5 Å². The first-order valence-corrected chi connectivity index (χ1v) is 13.4. The van der Waals surface area contributed by atoms with Crippen molar-refractivity contribution in [3.05, 3.63) is 64.1 Å². The number of carbonyl (C=O) groups is 2. The summed E-state index contributed by atoms with van der Waals surface area (Å²) in [5.74, 6) is -0.499. The Kier molecular flexibility index (Phi) is 13.7. The molecule has 0 saturated carbocycles. The number of aryl methyl sites for hydroxylation is 2. The minimum atomic E-state index is -3.70. The molecule has 0 unspecified atom stereocenters. The van der Waals surface area contributed by atoms with Gasteiger partial charge in [-0.05, 0) is 62.9 Å². The van der Waals surface area contributed by atoms with Crippen LogP contribution < -0.4 is 26.6 Å². The molecule has 2 rings (SSSR count). The normalized spacial score (nSPS) is 11.5. The zero-order chi connectivity index (χ0) is 27.0. The fraction of sp³-hybridized carbons (Fsp3) is 0.417. The Balaban J connectivity index is 0.00000205. The van der Waals surface area contributed by atoms with E-state index in [0.717, 1.165) is 35.6 Å². The van der Waals surface area contributed by atoms with Crippen molar-refractivity contribution in [2.24, 2.45) is 5.73 Å².